The summed E-state index contributed by atoms with van der Waals surface area (Å²) in [4.78, 5) is 0. The second kappa shape index (κ2) is 1.25. The quantitative estimate of drug-likeness (QED) is 0.445. The maximum Gasteiger partial charge on any atom is 0.0841 e. The van der Waals surface area contributed by atoms with E-state index in [4.69, 9.17) is 5.73 Å². The lowest BCUT2D eigenvalue weighted by Crippen LogP contribution is -2.41. The molecule has 0 radical (unpaired) electrons. The maximum absolute atomic E-state index is 5.81. The molecule has 1 heterocycles. The van der Waals surface area contributed by atoms with Crippen molar-refractivity contribution >= 4 is 0 Å². The van der Waals surface area contributed by atoms with Crippen LogP contribution < -0.4 is 11.1 Å². The van der Waals surface area contributed by atoms with Gasteiger partial charge in [-0.2, -0.15) is 0 Å². The average molecular weight is 114 g/mol. The highest BCUT2D eigenvalue weighted by molar-refractivity contribution is 5.06. The van der Waals surface area contributed by atoms with E-state index in [1.165, 1.54) is 0 Å². The minimum absolute atomic E-state index is 0.0625. The highest BCUT2D eigenvalue weighted by atomic mass is 15.3. The number of rotatable bonds is 0. The first-order chi connectivity index (χ1) is 3.46. The Labute approximate surface area is 50.4 Å². The van der Waals surface area contributed by atoms with Gasteiger partial charge in [0, 0.05) is 6.54 Å². The lowest BCUT2D eigenvalue weighted by Gasteiger charge is -2.24. The van der Waals surface area contributed by atoms with Gasteiger partial charge in [0.1, 0.15) is 0 Å². The fraction of sp³-hybridized carbons (Fsp3) is 1.00. The Kier molecular flexibility index (Phi) is 0.946. The molecule has 0 spiro atoms. The van der Waals surface area contributed by atoms with Gasteiger partial charge < -0.3 is 5.73 Å². The third-order valence-electron chi connectivity index (χ3n) is 1.90. The summed E-state index contributed by atoms with van der Waals surface area (Å²) in [5, 5.41) is 3.13. The van der Waals surface area contributed by atoms with Crippen LogP contribution >= 0.6 is 0 Å². The van der Waals surface area contributed by atoms with Crippen LogP contribution in [0.3, 0.4) is 0 Å². The molecule has 2 heteroatoms. The standard InChI is InChI=1S/C6H14N2/c1-5(2,3)6(7)4-8-6/h8H,4,7H2,1-3H3. The van der Waals surface area contributed by atoms with Crippen LogP contribution in [-0.2, 0) is 0 Å². The first kappa shape index (κ1) is 6.05. The van der Waals surface area contributed by atoms with Gasteiger partial charge in [-0.1, -0.05) is 20.8 Å². The molecule has 0 aliphatic carbocycles. The molecule has 1 rings (SSSR count). The summed E-state index contributed by atoms with van der Waals surface area (Å²) in [6.07, 6.45) is 0. The highest BCUT2D eigenvalue weighted by Gasteiger charge is 2.47. The van der Waals surface area contributed by atoms with Gasteiger partial charge >= 0.3 is 0 Å². The summed E-state index contributed by atoms with van der Waals surface area (Å²) in [6, 6.07) is 0. The summed E-state index contributed by atoms with van der Waals surface area (Å²) < 4.78 is 0. The van der Waals surface area contributed by atoms with Crippen molar-refractivity contribution in [3.05, 3.63) is 0 Å². The Bertz CT molecular complexity index is 94.3. The zero-order valence-corrected chi connectivity index (χ0v) is 5.78. The Hall–Kier alpha value is -0.0800. The van der Waals surface area contributed by atoms with Gasteiger partial charge in [-0.05, 0) is 5.41 Å². The fourth-order valence-electron chi connectivity index (χ4n) is 0.626. The molecule has 0 saturated carbocycles. The Morgan fingerprint density at radius 1 is 1.50 bits per heavy atom. The van der Waals surface area contributed by atoms with Crippen LogP contribution in [-0.4, -0.2) is 12.2 Å². The molecule has 2 nitrogen and oxygen atoms in total. The van der Waals surface area contributed by atoms with E-state index >= 15 is 0 Å². The number of hydrogen-bond acceptors (Lipinski definition) is 2. The Balaban J connectivity index is 2.58. The molecule has 0 aromatic rings. The van der Waals surface area contributed by atoms with E-state index in [2.05, 4.69) is 26.1 Å². The maximum atomic E-state index is 5.81. The van der Waals surface area contributed by atoms with Crippen molar-refractivity contribution in [2.75, 3.05) is 6.54 Å². The van der Waals surface area contributed by atoms with Crippen molar-refractivity contribution in [1.29, 1.82) is 0 Å². The summed E-state index contributed by atoms with van der Waals surface area (Å²) in [6.45, 7) is 7.41. The van der Waals surface area contributed by atoms with Crippen molar-refractivity contribution in [3.8, 4) is 0 Å². The third-order valence-corrected chi connectivity index (χ3v) is 1.90. The minimum atomic E-state index is -0.0625. The number of hydrogen-bond donors (Lipinski definition) is 2. The van der Waals surface area contributed by atoms with Crippen molar-refractivity contribution in [2.45, 2.75) is 26.4 Å². The van der Waals surface area contributed by atoms with Gasteiger partial charge in [0.25, 0.3) is 0 Å². The first-order valence-corrected chi connectivity index (χ1v) is 3.00. The van der Waals surface area contributed by atoms with Crippen LogP contribution in [0.25, 0.3) is 0 Å². The molecule has 1 atom stereocenters. The van der Waals surface area contributed by atoms with Crippen molar-refractivity contribution in [2.24, 2.45) is 11.1 Å². The van der Waals surface area contributed by atoms with E-state index in [-0.39, 0.29) is 11.1 Å². The van der Waals surface area contributed by atoms with Crippen LogP contribution in [0.5, 0.6) is 0 Å². The molecule has 0 aromatic carbocycles. The van der Waals surface area contributed by atoms with Crippen LogP contribution in [0.15, 0.2) is 0 Å². The zero-order valence-electron chi connectivity index (χ0n) is 5.78. The Morgan fingerprint density at radius 3 is 1.88 bits per heavy atom. The van der Waals surface area contributed by atoms with Crippen molar-refractivity contribution < 1.29 is 0 Å². The molecule has 48 valence electrons. The topological polar surface area (TPSA) is 48.0 Å². The normalized spacial score (nSPS) is 37.5. The number of nitrogens with two attached hydrogens (primary N) is 1. The smallest absolute Gasteiger partial charge is 0.0841 e. The molecule has 1 aliphatic heterocycles. The van der Waals surface area contributed by atoms with Gasteiger partial charge in [-0.15, -0.1) is 0 Å². The molecule has 0 aromatic heterocycles. The SMILES string of the molecule is CC(C)(C)C1(N)CN1. The summed E-state index contributed by atoms with van der Waals surface area (Å²) >= 11 is 0. The largest absolute Gasteiger partial charge is 0.312 e. The molecule has 0 amide bonds. The predicted molar refractivity (Wildman–Crippen MR) is 34.4 cm³/mol. The molecule has 3 N–H and O–H groups in total. The van der Waals surface area contributed by atoms with E-state index in [0.717, 1.165) is 6.54 Å². The summed E-state index contributed by atoms with van der Waals surface area (Å²) in [5.41, 5.74) is 5.97. The third kappa shape index (κ3) is 0.740. The van der Waals surface area contributed by atoms with E-state index < -0.39 is 0 Å². The second-order valence-electron chi connectivity index (χ2n) is 3.57. The van der Waals surface area contributed by atoms with E-state index in [1.807, 2.05) is 0 Å². The monoisotopic (exact) mass is 114 g/mol. The van der Waals surface area contributed by atoms with Gasteiger partial charge in [0.2, 0.25) is 0 Å². The highest BCUT2D eigenvalue weighted by Crippen LogP contribution is 2.32. The average Bonchev–Trinajstić information content (AvgIpc) is 2.16. The van der Waals surface area contributed by atoms with Crippen LogP contribution in [0, 0.1) is 5.41 Å². The van der Waals surface area contributed by atoms with E-state index in [1.54, 1.807) is 0 Å². The Morgan fingerprint density at radius 2 is 1.88 bits per heavy atom. The zero-order chi connectivity index (χ0) is 6.41. The van der Waals surface area contributed by atoms with Crippen molar-refractivity contribution in [1.82, 2.24) is 5.32 Å². The summed E-state index contributed by atoms with van der Waals surface area (Å²) in [5.74, 6) is 0. The number of nitrogens with one attached hydrogen (secondary N) is 1. The lowest BCUT2D eigenvalue weighted by molar-refractivity contribution is 0.296. The first-order valence-electron chi connectivity index (χ1n) is 3.00. The van der Waals surface area contributed by atoms with Gasteiger partial charge in [0.05, 0.1) is 5.66 Å². The molecule has 1 unspecified atom stereocenters. The lowest BCUT2D eigenvalue weighted by atomic mass is 9.87. The summed E-state index contributed by atoms with van der Waals surface area (Å²) in [7, 11) is 0. The molecule has 1 aliphatic rings. The molecular weight excluding hydrogens is 100 g/mol. The predicted octanol–water partition coefficient (Wildman–Crippen LogP) is 0.291. The van der Waals surface area contributed by atoms with Crippen LogP contribution in [0.1, 0.15) is 20.8 Å². The molecular formula is C6H14N2. The van der Waals surface area contributed by atoms with Crippen LogP contribution in [0.2, 0.25) is 0 Å². The molecule has 1 saturated heterocycles. The minimum Gasteiger partial charge on any atom is -0.312 e. The fourth-order valence-corrected chi connectivity index (χ4v) is 0.626. The molecule has 8 heavy (non-hydrogen) atoms. The molecule has 0 bridgehead atoms. The van der Waals surface area contributed by atoms with E-state index in [0.29, 0.717) is 0 Å². The van der Waals surface area contributed by atoms with E-state index in [9.17, 15) is 0 Å². The second-order valence-corrected chi connectivity index (χ2v) is 3.57. The van der Waals surface area contributed by atoms with Gasteiger partial charge in [0.15, 0.2) is 0 Å². The van der Waals surface area contributed by atoms with Gasteiger partial charge in [-0.25, -0.2) is 0 Å². The van der Waals surface area contributed by atoms with Gasteiger partial charge in [-0.3, -0.25) is 5.32 Å². The molecule has 1 fully saturated rings. The van der Waals surface area contributed by atoms with Crippen molar-refractivity contribution in [3.63, 3.8) is 0 Å². The van der Waals surface area contributed by atoms with Crippen LogP contribution in [0.4, 0.5) is 0 Å².